The molecular weight excluding hydrogens is 321 g/mol. The van der Waals surface area contributed by atoms with Crippen LogP contribution in [0, 0.1) is 5.92 Å². The second-order valence-corrected chi connectivity index (χ2v) is 7.17. The molecule has 2 heterocycles. The Kier molecular flexibility index (Phi) is 6.02. The topological polar surface area (TPSA) is 65.5 Å². The van der Waals surface area contributed by atoms with Gasteiger partial charge in [0.1, 0.15) is 5.82 Å². The first-order valence-electron chi connectivity index (χ1n) is 9.15. The molecule has 1 saturated carbocycles. The van der Waals surface area contributed by atoms with Gasteiger partial charge in [0.05, 0.1) is 0 Å². The van der Waals surface area contributed by atoms with Crippen LogP contribution in [0.4, 0.5) is 10.2 Å². The largest absolute Gasteiger partial charge is 0.476 e. The van der Waals surface area contributed by atoms with E-state index < -0.39 is 11.8 Å². The number of aromatic nitrogens is 1. The van der Waals surface area contributed by atoms with Crippen molar-refractivity contribution in [1.29, 1.82) is 0 Å². The molecule has 2 N–H and O–H groups in total. The molecule has 1 aliphatic carbocycles. The highest BCUT2D eigenvalue weighted by Crippen LogP contribution is 2.26. The SMILES string of the molecule is O=C(O)/C(F)=C/c1ccc(N[C@@H]2CCN(CC3CCCCC3)C2)nc1. The molecule has 0 radical (unpaired) electrons. The van der Waals surface area contributed by atoms with Crippen molar-refractivity contribution >= 4 is 17.9 Å². The molecule has 5 nitrogen and oxygen atoms in total. The standard InChI is InChI=1S/C19H26FN3O2/c20-17(19(24)25)10-15-6-7-18(21-11-15)22-16-8-9-23(13-16)12-14-4-2-1-3-5-14/h6-7,10-11,14,16H,1-5,8-9,12-13H2,(H,21,22)(H,24,25)/b17-10-/t16-/m1/s1. The first-order chi connectivity index (χ1) is 12.1. The summed E-state index contributed by atoms with van der Waals surface area (Å²) >= 11 is 0. The van der Waals surface area contributed by atoms with Crippen LogP contribution in [0.5, 0.6) is 0 Å². The summed E-state index contributed by atoms with van der Waals surface area (Å²) in [6, 6.07) is 3.82. The van der Waals surface area contributed by atoms with E-state index in [4.69, 9.17) is 5.11 Å². The highest BCUT2D eigenvalue weighted by atomic mass is 19.1. The molecule has 25 heavy (non-hydrogen) atoms. The number of likely N-dealkylation sites (tertiary alicyclic amines) is 1. The van der Waals surface area contributed by atoms with E-state index in [0.29, 0.717) is 11.6 Å². The monoisotopic (exact) mass is 347 g/mol. The lowest BCUT2D eigenvalue weighted by Gasteiger charge is -2.26. The molecule has 0 spiro atoms. The summed E-state index contributed by atoms with van der Waals surface area (Å²) in [6.45, 7) is 3.37. The number of halogens is 1. The first-order valence-corrected chi connectivity index (χ1v) is 9.15. The molecule has 136 valence electrons. The van der Waals surface area contributed by atoms with Crippen molar-refractivity contribution in [2.45, 2.75) is 44.6 Å². The molecule has 3 rings (SSSR count). The lowest BCUT2D eigenvalue weighted by molar-refractivity contribution is -0.134. The quantitative estimate of drug-likeness (QED) is 0.771. The molecular formula is C19H26FN3O2. The van der Waals surface area contributed by atoms with E-state index in [1.165, 1.54) is 44.8 Å². The van der Waals surface area contributed by atoms with Gasteiger partial charge in [0.15, 0.2) is 0 Å². The van der Waals surface area contributed by atoms with Crippen molar-refractivity contribution in [3.05, 3.63) is 29.7 Å². The summed E-state index contributed by atoms with van der Waals surface area (Å²) in [7, 11) is 0. The molecule has 2 fully saturated rings. The third-order valence-electron chi connectivity index (χ3n) is 5.15. The minimum atomic E-state index is -1.56. The minimum absolute atomic E-state index is 0.383. The van der Waals surface area contributed by atoms with Gasteiger partial charge in [-0.15, -0.1) is 0 Å². The van der Waals surface area contributed by atoms with Crippen LogP contribution in [-0.2, 0) is 4.79 Å². The molecule has 1 aliphatic heterocycles. The lowest BCUT2D eigenvalue weighted by Crippen LogP contribution is -2.31. The van der Waals surface area contributed by atoms with Crippen LogP contribution >= 0.6 is 0 Å². The van der Waals surface area contributed by atoms with Crippen molar-refractivity contribution in [2.75, 3.05) is 25.0 Å². The molecule has 0 unspecified atom stereocenters. The van der Waals surface area contributed by atoms with E-state index in [0.717, 1.165) is 37.3 Å². The predicted octanol–water partition coefficient (Wildman–Crippen LogP) is 3.54. The molecule has 0 bridgehead atoms. The number of hydrogen-bond acceptors (Lipinski definition) is 4. The lowest BCUT2D eigenvalue weighted by atomic mass is 9.89. The fourth-order valence-electron chi connectivity index (χ4n) is 3.84. The van der Waals surface area contributed by atoms with E-state index in [1.807, 2.05) is 0 Å². The van der Waals surface area contributed by atoms with Crippen LogP contribution in [0.1, 0.15) is 44.1 Å². The highest BCUT2D eigenvalue weighted by molar-refractivity contribution is 5.89. The summed E-state index contributed by atoms with van der Waals surface area (Å²) in [5, 5.41) is 12.0. The average Bonchev–Trinajstić information content (AvgIpc) is 3.04. The van der Waals surface area contributed by atoms with Crippen LogP contribution in [-0.4, -0.2) is 46.6 Å². The Balaban J connectivity index is 1.48. The van der Waals surface area contributed by atoms with Gasteiger partial charge >= 0.3 is 5.97 Å². The van der Waals surface area contributed by atoms with Gasteiger partial charge in [-0.05, 0) is 49.0 Å². The zero-order valence-electron chi connectivity index (χ0n) is 14.5. The number of nitrogens with zero attached hydrogens (tertiary/aromatic N) is 2. The second kappa shape index (κ2) is 8.43. The number of hydrogen-bond donors (Lipinski definition) is 2. The van der Waals surface area contributed by atoms with Gasteiger partial charge < -0.3 is 15.3 Å². The van der Waals surface area contributed by atoms with Crippen LogP contribution in [0.25, 0.3) is 6.08 Å². The number of anilines is 1. The normalized spacial score (nSPS) is 22.9. The van der Waals surface area contributed by atoms with Crippen molar-refractivity contribution in [2.24, 2.45) is 5.92 Å². The zero-order valence-corrected chi connectivity index (χ0v) is 14.5. The molecule has 1 saturated heterocycles. The summed E-state index contributed by atoms with van der Waals surface area (Å²) in [5.41, 5.74) is 0.441. The van der Waals surface area contributed by atoms with E-state index in [-0.39, 0.29) is 0 Å². The first kappa shape index (κ1) is 17.9. The molecule has 1 atom stereocenters. The fraction of sp³-hybridized carbons (Fsp3) is 0.579. The van der Waals surface area contributed by atoms with E-state index in [1.54, 1.807) is 12.1 Å². The number of carboxylic acid groups (broad SMARTS) is 1. The predicted molar refractivity (Wildman–Crippen MR) is 96.0 cm³/mol. The molecule has 2 aliphatic rings. The Morgan fingerprint density at radius 1 is 1.32 bits per heavy atom. The maximum atomic E-state index is 13.1. The summed E-state index contributed by atoms with van der Waals surface area (Å²) < 4.78 is 13.1. The number of nitrogens with one attached hydrogen (secondary N) is 1. The van der Waals surface area contributed by atoms with Gasteiger partial charge in [-0.25, -0.2) is 9.78 Å². The van der Waals surface area contributed by atoms with Gasteiger partial charge in [-0.3, -0.25) is 0 Å². The Labute approximate surface area is 147 Å². The second-order valence-electron chi connectivity index (χ2n) is 7.17. The number of rotatable bonds is 6. The van der Waals surface area contributed by atoms with Crippen molar-refractivity contribution < 1.29 is 14.3 Å². The van der Waals surface area contributed by atoms with Gasteiger partial charge in [-0.1, -0.05) is 19.3 Å². The van der Waals surface area contributed by atoms with Crippen molar-refractivity contribution in [1.82, 2.24) is 9.88 Å². The molecule has 0 aromatic carbocycles. The fourth-order valence-corrected chi connectivity index (χ4v) is 3.84. The summed E-state index contributed by atoms with van der Waals surface area (Å²) in [5.74, 6) is -1.14. The Morgan fingerprint density at radius 2 is 2.12 bits per heavy atom. The maximum Gasteiger partial charge on any atom is 0.364 e. The zero-order chi connectivity index (χ0) is 17.6. The Morgan fingerprint density at radius 3 is 2.80 bits per heavy atom. The summed E-state index contributed by atoms with van der Waals surface area (Å²) in [6.07, 6.45) is 10.5. The van der Waals surface area contributed by atoms with Gasteiger partial charge in [-0.2, -0.15) is 4.39 Å². The van der Waals surface area contributed by atoms with Crippen LogP contribution in [0.15, 0.2) is 24.2 Å². The minimum Gasteiger partial charge on any atom is -0.476 e. The number of pyridine rings is 1. The van der Waals surface area contributed by atoms with Crippen LogP contribution in [0.3, 0.4) is 0 Å². The van der Waals surface area contributed by atoms with Gasteiger partial charge in [0.2, 0.25) is 5.83 Å². The van der Waals surface area contributed by atoms with E-state index in [2.05, 4.69) is 15.2 Å². The molecule has 1 aromatic heterocycles. The van der Waals surface area contributed by atoms with Crippen LogP contribution < -0.4 is 5.32 Å². The summed E-state index contributed by atoms with van der Waals surface area (Å²) in [4.78, 5) is 17.3. The number of carboxylic acids is 1. The Hall–Kier alpha value is -1.95. The van der Waals surface area contributed by atoms with Crippen molar-refractivity contribution in [3.8, 4) is 0 Å². The number of carbonyl (C=O) groups is 1. The average molecular weight is 347 g/mol. The molecule has 6 heteroatoms. The van der Waals surface area contributed by atoms with Gasteiger partial charge in [0.25, 0.3) is 0 Å². The van der Waals surface area contributed by atoms with E-state index in [9.17, 15) is 9.18 Å². The molecule has 1 aromatic rings. The van der Waals surface area contributed by atoms with E-state index >= 15 is 0 Å². The highest BCUT2D eigenvalue weighted by Gasteiger charge is 2.25. The van der Waals surface area contributed by atoms with Crippen LogP contribution in [0.2, 0.25) is 0 Å². The smallest absolute Gasteiger partial charge is 0.364 e. The number of aliphatic carboxylic acids is 1. The molecule has 0 amide bonds. The third-order valence-corrected chi connectivity index (χ3v) is 5.15. The van der Waals surface area contributed by atoms with Crippen molar-refractivity contribution in [3.63, 3.8) is 0 Å². The van der Waals surface area contributed by atoms with Gasteiger partial charge in [0, 0.05) is 31.9 Å². The maximum absolute atomic E-state index is 13.1. The third kappa shape index (κ3) is 5.26. The Bertz CT molecular complexity index is 612.